The van der Waals surface area contributed by atoms with Crippen LogP contribution >= 0.6 is 24.2 Å². The van der Waals surface area contributed by atoms with Crippen LogP contribution in [0.3, 0.4) is 0 Å². The van der Waals surface area contributed by atoms with E-state index in [1.54, 1.807) is 11.8 Å². The quantitative estimate of drug-likeness (QED) is 0.377. The van der Waals surface area contributed by atoms with Crippen molar-refractivity contribution in [3.8, 4) is 0 Å². The Morgan fingerprint density at radius 3 is 2.26 bits per heavy atom. The lowest BCUT2D eigenvalue weighted by Crippen LogP contribution is -2.25. The monoisotopic (exact) mass is 302 g/mol. The summed E-state index contributed by atoms with van der Waals surface area (Å²) in [6.45, 7) is 9.51. The highest BCUT2D eigenvalue weighted by atomic mass is 35.5. The lowest BCUT2D eigenvalue weighted by molar-refractivity contribution is 0.320. The summed E-state index contributed by atoms with van der Waals surface area (Å²) in [5.41, 5.74) is 2.19. The number of rotatable bonds is 6. The van der Waals surface area contributed by atoms with Gasteiger partial charge in [-0.05, 0) is 20.0 Å². The van der Waals surface area contributed by atoms with Crippen LogP contribution in [0.4, 0.5) is 0 Å². The first kappa shape index (κ1) is 18.3. The van der Waals surface area contributed by atoms with Crippen molar-refractivity contribution in [3.05, 3.63) is 35.4 Å². The number of hydrogen-bond donors (Lipinski definition) is 1. The third-order valence-corrected chi connectivity index (χ3v) is 3.91. The van der Waals surface area contributed by atoms with Crippen molar-refractivity contribution in [3.63, 3.8) is 0 Å². The van der Waals surface area contributed by atoms with Gasteiger partial charge in [-0.25, -0.2) is 0 Å². The summed E-state index contributed by atoms with van der Waals surface area (Å²) in [5.74, 6) is 0.939. The Kier molecular flexibility index (Phi) is 9.74. The molecule has 0 aliphatic carbocycles. The molecule has 1 aromatic rings. The summed E-state index contributed by atoms with van der Waals surface area (Å²) in [5, 5.41) is 13.2. The molecule has 0 aromatic heterocycles. The highest BCUT2D eigenvalue weighted by molar-refractivity contribution is 8.14. The van der Waals surface area contributed by atoms with Crippen LogP contribution in [0.25, 0.3) is 0 Å². The Morgan fingerprint density at radius 1 is 1.21 bits per heavy atom. The number of oxime groups is 1. The maximum atomic E-state index is 9.08. The zero-order valence-electron chi connectivity index (χ0n) is 11.8. The number of aryl methyl sites for hydroxylation is 1. The molecule has 19 heavy (non-hydrogen) atoms. The SMILES string of the molecule is CCN(CC)CCS/C(=N\O)c1ccc(C)cc1.Cl. The Hall–Kier alpha value is -0.710. The maximum Gasteiger partial charge on any atom is 0.143 e. The van der Waals surface area contributed by atoms with E-state index >= 15 is 0 Å². The van der Waals surface area contributed by atoms with E-state index < -0.39 is 0 Å². The van der Waals surface area contributed by atoms with Gasteiger partial charge in [0.15, 0.2) is 0 Å². The van der Waals surface area contributed by atoms with Crippen LogP contribution < -0.4 is 0 Å². The Labute approximate surface area is 126 Å². The van der Waals surface area contributed by atoms with E-state index in [0.717, 1.165) is 31.0 Å². The number of halogens is 1. The first-order valence-corrected chi connectivity index (χ1v) is 7.34. The smallest absolute Gasteiger partial charge is 0.143 e. The molecule has 0 radical (unpaired) electrons. The summed E-state index contributed by atoms with van der Waals surface area (Å²) >= 11 is 1.60. The first-order valence-electron chi connectivity index (χ1n) is 6.35. The average Bonchev–Trinajstić information content (AvgIpc) is 2.41. The molecule has 0 heterocycles. The van der Waals surface area contributed by atoms with Gasteiger partial charge in [0.25, 0.3) is 0 Å². The van der Waals surface area contributed by atoms with Gasteiger partial charge in [-0.3, -0.25) is 0 Å². The average molecular weight is 303 g/mol. The molecular formula is C14H23ClN2OS. The second-order valence-corrected chi connectivity index (χ2v) is 5.23. The van der Waals surface area contributed by atoms with Crippen LogP contribution in [-0.2, 0) is 0 Å². The van der Waals surface area contributed by atoms with E-state index in [0.29, 0.717) is 5.04 Å². The molecule has 1 rings (SSSR count). The Morgan fingerprint density at radius 2 is 1.79 bits per heavy atom. The van der Waals surface area contributed by atoms with Crippen molar-refractivity contribution in [1.82, 2.24) is 4.90 Å². The molecule has 1 aromatic carbocycles. The molecule has 0 bridgehead atoms. The molecular weight excluding hydrogens is 280 g/mol. The predicted molar refractivity (Wildman–Crippen MR) is 87.0 cm³/mol. The minimum absolute atomic E-state index is 0. The van der Waals surface area contributed by atoms with Crippen LogP contribution in [0.1, 0.15) is 25.0 Å². The summed E-state index contributed by atoms with van der Waals surface area (Å²) in [6.07, 6.45) is 0. The van der Waals surface area contributed by atoms with Crippen LogP contribution in [0, 0.1) is 6.92 Å². The molecule has 108 valence electrons. The Balaban J connectivity index is 0.00000324. The minimum atomic E-state index is 0. The van der Waals surface area contributed by atoms with Gasteiger partial charge < -0.3 is 10.1 Å². The molecule has 0 saturated carbocycles. The highest BCUT2D eigenvalue weighted by Gasteiger charge is 2.06. The molecule has 0 aliphatic heterocycles. The number of nitrogens with zero attached hydrogens (tertiary/aromatic N) is 2. The molecule has 3 nitrogen and oxygen atoms in total. The number of thioether (sulfide) groups is 1. The van der Waals surface area contributed by atoms with Gasteiger partial charge in [0, 0.05) is 17.9 Å². The first-order chi connectivity index (χ1) is 8.71. The summed E-state index contributed by atoms with van der Waals surface area (Å²) in [7, 11) is 0. The van der Waals surface area contributed by atoms with Gasteiger partial charge in [-0.1, -0.05) is 48.8 Å². The lowest BCUT2D eigenvalue weighted by Gasteiger charge is -2.17. The van der Waals surface area contributed by atoms with E-state index in [4.69, 9.17) is 5.21 Å². The lowest BCUT2D eigenvalue weighted by atomic mass is 10.2. The van der Waals surface area contributed by atoms with Gasteiger partial charge in [-0.2, -0.15) is 0 Å². The molecule has 0 aliphatic rings. The molecule has 0 amide bonds. The van der Waals surface area contributed by atoms with Crippen LogP contribution in [-0.4, -0.2) is 40.5 Å². The van der Waals surface area contributed by atoms with E-state index in [-0.39, 0.29) is 12.4 Å². The topological polar surface area (TPSA) is 35.8 Å². The van der Waals surface area contributed by atoms with Crippen molar-refractivity contribution < 1.29 is 5.21 Å². The fourth-order valence-corrected chi connectivity index (χ4v) is 2.58. The third kappa shape index (κ3) is 6.32. The molecule has 0 spiro atoms. The summed E-state index contributed by atoms with van der Waals surface area (Å²) in [4.78, 5) is 2.36. The second-order valence-electron chi connectivity index (χ2n) is 4.15. The highest BCUT2D eigenvalue weighted by Crippen LogP contribution is 2.14. The third-order valence-electron chi connectivity index (χ3n) is 2.93. The van der Waals surface area contributed by atoms with Crippen LogP contribution in [0.5, 0.6) is 0 Å². The molecule has 0 unspecified atom stereocenters. The van der Waals surface area contributed by atoms with Crippen LogP contribution in [0.15, 0.2) is 29.4 Å². The zero-order chi connectivity index (χ0) is 13.4. The van der Waals surface area contributed by atoms with Gasteiger partial charge in [0.2, 0.25) is 0 Å². The van der Waals surface area contributed by atoms with Crippen molar-refractivity contribution in [1.29, 1.82) is 0 Å². The Bertz CT molecular complexity index is 378. The van der Waals surface area contributed by atoms with E-state index in [9.17, 15) is 0 Å². The van der Waals surface area contributed by atoms with E-state index in [1.807, 2.05) is 31.2 Å². The van der Waals surface area contributed by atoms with E-state index in [1.165, 1.54) is 5.56 Å². The largest absolute Gasteiger partial charge is 0.410 e. The number of benzene rings is 1. The molecule has 0 saturated heterocycles. The summed E-state index contributed by atoms with van der Waals surface area (Å²) in [6, 6.07) is 8.06. The van der Waals surface area contributed by atoms with Crippen molar-refractivity contribution in [2.45, 2.75) is 20.8 Å². The minimum Gasteiger partial charge on any atom is -0.410 e. The standard InChI is InChI=1S/C14H22N2OS.ClH/c1-4-16(5-2)10-11-18-14(15-17)13-8-6-12(3)7-9-13;/h6-9,17H,4-5,10-11H2,1-3H3;1H/b15-14-;. The van der Waals surface area contributed by atoms with Crippen molar-refractivity contribution in [2.75, 3.05) is 25.4 Å². The fourth-order valence-electron chi connectivity index (χ4n) is 1.68. The van der Waals surface area contributed by atoms with E-state index in [2.05, 4.69) is 23.9 Å². The van der Waals surface area contributed by atoms with Gasteiger partial charge in [0.1, 0.15) is 5.04 Å². The number of hydrogen-bond acceptors (Lipinski definition) is 4. The second kappa shape index (κ2) is 10.1. The normalized spacial score (nSPS) is 11.5. The van der Waals surface area contributed by atoms with Gasteiger partial charge >= 0.3 is 0 Å². The molecule has 5 heteroatoms. The molecule has 0 fully saturated rings. The molecule has 0 atom stereocenters. The maximum absolute atomic E-state index is 9.08. The van der Waals surface area contributed by atoms with Crippen LogP contribution in [0.2, 0.25) is 0 Å². The zero-order valence-corrected chi connectivity index (χ0v) is 13.4. The van der Waals surface area contributed by atoms with Crippen molar-refractivity contribution in [2.24, 2.45) is 5.16 Å². The van der Waals surface area contributed by atoms with Gasteiger partial charge in [-0.15, -0.1) is 24.2 Å². The van der Waals surface area contributed by atoms with Gasteiger partial charge in [0.05, 0.1) is 0 Å². The fraction of sp³-hybridized carbons (Fsp3) is 0.500. The molecule has 1 N–H and O–H groups in total. The predicted octanol–water partition coefficient (Wildman–Crippen LogP) is 3.63. The van der Waals surface area contributed by atoms with Crippen molar-refractivity contribution >= 4 is 29.2 Å². The summed E-state index contributed by atoms with van der Waals surface area (Å²) < 4.78 is 0.